The fourth-order valence-electron chi connectivity index (χ4n) is 5.13. The highest BCUT2D eigenvalue weighted by Gasteiger charge is 2.36. The number of fused-ring (bicyclic) bond motifs is 1. The number of halogens is 1. The molecule has 2 heterocycles. The lowest BCUT2D eigenvalue weighted by atomic mass is 9.94. The molecule has 2 aliphatic rings. The van der Waals surface area contributed by atoms with Gasteiger partial charge in [0.15, 0.2) is 11.5 Å². The van der Waals surface area contributed by atoms with Crippen LogP contribution in [0.1, 0.15) is 68.7 Å². The van der Waals surface area contributed by atoms with Gasteiger partial charge in [0.2, 0.25) is 5.95 Å². The highest BCUT2D eigenvalue weighted by atomic mass is 79.9. The second-order valence-electron chi connectivity index (χ2n) is 9.74. The van der Waals surface area contributed by atoms with Crippen LogP contribution in [-0.2, 0) is 16.1 Å². The van der Waals surface area contributed by atoms with Crippen LogP contribution in [0, 0.1) is 6.92 Å². The summed E-state index contributed by atoms with van der Waals surface area (Å²) < 4.78 is 20.7. The van der Waals surface area contributed by atoms with Crippen molar-refractivity contribution >= 4 is 27.8 Å². The predicted molar refractivity (Wildman–Crippen MR) is 148 cm³/mol. The van der Waals surface area contributed by atoms with Crippen LogP contribution in [0.2, 0.25) is 0 Å². The van der Waals surface area contributed by atoms with Crippen LogP contribution in [0.4, 0.5) is 5.95 Å². The van der Waals surface area contributed by atoms with Crippen LogP contribution in [0.3, 0.4) is 0 Å². The molecule has 1 aliphatic heterocycles. The predicted octanol–water partition coefficient (Wildman–Crippen LogP) is 6.49. The molecule has 9 heteroatoms. The highest BCUT2D eigenvalue weighted by Crippen LogP contribution is 2.43. The second-order valence-corrected chi connectivity index (χ2v) is 10.6. The Morgan fingerprint density at radius 2 is 1.92 bits per heavy atom. The van der Waals surface area contributed by atoms with Crippen LogP contribution < -0.4 is 14.8 Å². The van der Waals surface area contributed by atoms with Gasteiger partial charge in [0.05, 0.1) is 16.7 Å². The summed E-state index contributed by atoms with van der Waals surface area (Å²) in [5.41, 5.74) is 4.28. The molecule has 2 aromatic carbocycles. The van der Waals surface area contributed by atoms with Gasteiger partial charge in [0, 0.05) is 5.70 Å². The number of hydrogen-bond acceptors (Lipinski definition) is 7. The molecule has 1 aromatic heterocycles. The van der Waals surface area contributed by atoms with Crippen molar-refractivity contribution in [3.8, 4) is 11.5 Å². The number of nitrogens with zero attached hydrogens (tertiary/aromatic N) is 3. The quantitative estimate of drug-likeness (QED) is 0.304. The summed E-state index contributed by atoms with van der Waals surface area (Å²) in [6.07, 6.45) is 6.58. The average molecular weight is 582 g/mol. The summed E-state index contributed by atoms with van der Waals surface area (Å²) in [5, 5.41) is 7.67. The Balaban J connectivity index is 1.50. The van der Waals surface area contributed by atoms with Crippen LogP contribution in [0.25, 0.3) is 0 Å². The third-order valence-corrected chi connectivity index (χ3v) is 7.71. The molecule has 1 fully saturated rings. The molecule has 1 atom stereocenters. The third-order valence-electron chi connectivity index (χ3n) is 7.12. The number of allylic oxidation sites excluding steroid dienone is 1. The van der Waals surface area contributed by atoms with Crippen molar-refractivity contribution in [3.05, 3.63) is 75.2 Å². The van der Waals surface area contributed by atoms with E-state index in [2.05, 4.69) is 50.4 Å². The Kier molecular flexibility index (Phi) is 8.02. The summed E-state index contributed by atoms with van der Waals surface area (Å²) >= 11 is 3.71. The molecule has 0 saturated heterocycles. The Hall–Kier alpha value is -3.33. The number of esters is 1. The van der Waals surface area contributed by atoms with Gasteiger partial charge in [-0.05, 0) is 91.2 Å². The van der Waals surface area contributed by atoms with Crippen molar-refractivity contribution in [1.29, 1.82) is 0 Å². The molecule has 1 N–H and O–H groups in total. The number of anilines is 1. The SMILES string of the molecule is CCOc1cc(C2C(C(=O)OC3CCCCC3)=C(C)Nc3ncnn32)cc(Br)c1OCc1ccccc1C. The number of carbonyl (C=O) groups is 1. The first-order chi connectivity index (χ1) is 18.5. The fourth-order valence-corrected chi connectivity index (χ4v) is 5.71. The van der Waals surface area contributed by atoms with E-state index in [9.17, 15) is 4.79 Å². The summed E-state index contributed by atoms with van der Waals surface area (Å²) in [7, 11) is 0. The number of hydrogen-bond donors (Lipinski definition) is 1. The van der Waals surface area contributed by atoms with E-state index in [4.69, 9.17) is 14.2 Å². The Morgan fingerprint density at radius 1 is 1.13 bits per heavy atom. The molecule has 1 unspecified atom stereocenters. The first kappa shape index (κ1) is 26.3. The number of aromatic nitrogens is 3. The zero-order valence-corrected chi connectivity index (χ0v) is 23.6. The number of aryl methyl sites for hydroxylation is 1. The molecule has 8 nitrogen and oxygen atoms in total. The molecule has 5 rings (SSSR count). The summed E-state index contributed by atoms with van der Waals surface area (Å²) in [5.74, 6) is 1.43. The molecule has 0 spiro atoms. The molecular weight excluding hydrogens is 548 g/mol. The van der Waals surface area contributed by atoms with E-state index in [1.807, 2.05) is 38.1 Å². The van der Waals surface area contributed by atoms with E-state index in [1.165, 1.54) is 12.7 Å². The van der Waals surface area contributed by atoms with E-state index in [1.54, 1.807) is 4.68 Å². The van der Waals surface area contributed by atoms with Crippen LogP contribution >= 0.6 is 15.9 Å². The third kappa shape index (κ3) is 5.43. The Morgan fingerprint density at radius 3 is 2.68 bits per heavy atom. The van der Waals surface area contributed by atoms with Gasteiger partial charge < -0.3 is 19.5 Å². The van der Waals surface area contributed by atoms with Gasteiger partial charge >= 0.3 is 5.97 Å². The lowest BCUT2D eigenvalue weighted by molar-refractivity contribution is -0.146. The lowest BCUT2D eigenvalue weighted by Gasteiger charge is -2.30. The zero-order valence-electron chi connectivity index (χ0n) is 22.0. The molecular formula is C29H33BrN4O4. The van der Waals surface area contributed by atoms with Gasteiger partial charge in [-0.1, -0.05) is 30.7 Å². The molecule has 38 heavy (non-hydrogen) atoms. The van der Waals surface area contributed by atoms with Gasteiger partial charge in [0.25, 0.3) is 0 Å². The van der Waals surface area contributed by atoms with Crippen molar-refractivity contribution < 1.29 is 19.0 Å². The maximum atomic E-state index is 13.6. The smallest absolute Gasteiger partial charge is 0.338 e. The molecule has 200 valence electrons. The topological polar surface area (TPSA) is 87.5 Å². The van der Waals surface area contributed by atoms with Crippen LogP contribution in [-0.4, -0.2) is 33.4 Å². The van der Waals surface area contributed by atoms with E-state index < -0.39 is 6.04 Å². The second kappa shape index (κ2) is 11.6. The van der Waals surface area contributed by atoms with Crippen molar-refractivity contribution in [1.82, 2.24) is 14.8 Å². The van der Waals surface area contributed by atoms with E-state index in [0.29, 0.717) is 41.9 Å². The minimum atomic E-state index is -0.536. The number of ether oxygens (including phenoxy) is 3. The van der Waals surface area contributed by atoms with Crippen LogP contribution in [0.15, 0.2) is 58.5 Å². The number of nitrogens with one attached hydrogen (secondary N) is 1. The van der Waals surface area contributed by atoms with Crippen molar-refractivity contribution in [3.63, 3.8) is 0 Å². The van der Waals surface area contributed by atoms with E-state index >= 15 is 0 Å². The Bertz CT molecular complexity index is 1350. The normalized spacial score (nSPS) is 17.5. The van der Waals surface area contributed by atoms with Crippen molar-refractivity contribution in [2.75, 3.05) is 11.9 Å². The van der Waals surface area contributed by atoms with Gasteiger partial charge in [-0.3, -0.25) is 0 Å². The molecule has 0 radical (unpaired) electrons. The summed E-state index contributed by atoms with van der Waals surface area (Å²) in [6, 6.07) is 11.5. The fraction of sp³-hybridized carbons (Fsp3) is 0.414. The number of benzene rings is 2. The van der Waals surface area contributed by atoms with E-state index in [-0.39, 0.29) is 12.1 Å². The number of carbonyl (C=O) groups excluding carboxylic acids is 1. The minimum Gasteiger partial charge on any atom is -0.490 e. The largest absolute Gasteiger partial charge is 0.490 e. The molecule has 1 saturated carbocycles. The average Bonchev–Trinajstić information content (AvgIpc) is 3.37. The summed E-state index contributed by atoms with van der Waals surface area (Å²) in [6.45, 7) is 6.74. The van der Waals surface area contributed by atoms with Gasteiger partial charge in [-0.2, -0.15) is 10.1 Å². The molecule has 3 aromatic rings. The molecule has 0 bridgehead atoms. The monoisotopic (exact) mass is 580 g/mol. The lowest BCUT2D eigenvalue weighted by Crippen LogP contribution is -2.32. The van der Waals surface area contributed by atoms with Crippen molar-refractivity contribution in [2.45, 2.75) is 71.6 Å². The molecule has 0 amide bonds. The maximum absolute atomic E-state index is 13.6. The van der Waals surface area contributed by atoms with E-state index in [0.717, 1.165) is 46.8 Å². The summed E-state index contributed by atoms with van der Waals surface area (Å²) in [4.78, 5) is 17.9. The van der Waals surface area contributed by atoms with Gasteiger partial charge in [0.1, 0.15) is 25.1 Å². The van der Waals surface area contributed by atoms with Gasteiger partial charge in [-0.15, -0.1) is 0 Å². The van der Waals surface area contributed by atoms with Crippen LogP contribution in [0.5, 0.6) is 11.5 Å². The first-order valence-electron chi connectivity index (χ1n) is 13.2. The van der Waals surface area contributed by atoms with Gasteiger partial charge in [-0.25, -0.2) is 9.48 Å². The Labute approximate surface area is 231 Å². The number of rotatable bonds is 8. The first-order valence-corrected chi connectivity index (χ1v) is 14.0. The minimum absolute atomic E-state index is 0.0581. The maximum Gasteiger partial charge on any atom is 0.338 e. The molecule has 1 aliphatic carbocycles. The highest BCUT2D eigenvalue weighted by molar-refractivity contribution is 9.10. The standard InChI is InChI=1S/C29H33BrN4O4/c1-4-36-24-15-21(14-23(30)27(24)37-16-20-11-9-8-10-18(20)2)26-25(19(3)33-29-31-17-32-34(26)29)28(35)38-22-12-6-5-7-13-22/h8-11,14-15,17,22,26H,4-7,12-13,16H2,1-3H3,(H,31,32,33). The van der Waals surface area contributed by atoms with Crippen molar-refractivity contribution in [2.24, 2.45) is 0 Å². The zero-order chi connectivity index (χ0) is 26.6.